The average Bonchev–Trinajstić information content (AvgIpc) is 2.15. The van der Waals surface area contributed by atoms with E-state index in [4.69, 9.17) is 21.9 Å². The van der Waals surface area contributed by atoms with Crippen LogP contribution >= 0.6 is 11.6 Å². The summed E-state index contributed by atoms with van der Waals surface area (Å²) in [6.07, 6.45) is 0. The van der Waals surface area contributed by atoms with Gasteiger partial charge < -0.3 is 4.74 Å². The van der Waals surface area contributed by atoms with Crippen molar-refractivity contribution in [2.45, 2.75) is 0 Å². The second kappa shape index (κ2) is 5.30. The van der Waals surface area contributed by atoms with Gasteiger partial charge in [-0.05, 0) is 17.7 Å². The number of benzene rings is 1. The fourth-order valence-corrected chi connectivity index (χ4v) is 0.993. The number of ether oxygens (including phenoxy) is 1. The summed E-state index contributed by atoms with van der Waals surface area (Å²) in [5.41, 5.74) is 7.99. The van der Waals surface area contributed by atoms with Gasteiger partial charge in [-0.1, -0.05) is 28.8 Å². The van der Waals surface area contributed by atoms with E-state index in [1.54, 1.807) is 12.1 Å². The predicted molar refractivity (Wildman–Crippen MR) is 51.0 cm³/mol. The number of halogens is 1. The van der Waals surface area contributed by atoms with Gasteiger partial charge in [-0.25, -0.2) is 0 Å². The highest BCUT2D eigenvalue weighted by atomic mass is 35.5. The second-order valence-corrected chi connectivity index (χ2v) is 2.64. The smallest absolute Gasteiger partial charge is 0.137 e. The Bertz CT molecular complexity index is 323. The highest BCUT2D eigenvalue weighted by Crippen LogP contribution is 2.22. The third kappa shape index (κ3) is 3.23. The first-order chi connectivity index (χ1) is 6.34. The van der Waals surface area contributed by atoms with Crippen molar-refractivity contribution in [1.82, 2.24) is 0 Å². The third-order valence-electron chi connectivity index (χ3n) is 1.35. The van der Waals surface area contributed by atoms with E-state index in [9.17, 15) is 0 Å². The van der Waals surface area contributed by atoms with Gasteiger partial charge in [0, 0.05) is 4.91 Å². The molecule has 1 aromatic carbocycles. The topological polar surface area (TPSA) is 58.0 Å². The first-order valence-corrected chi connectivity index (χ1v) is 4.10. The van der Waals surface area contributed by atoms with Gasteiger partial charge in [0.2, 0.25) is 0 Å². The summed E-state index contributed by atoms with van der Waals surface area (Å²) in [6.45, 7) is 0.648. The second-order valence-electron chi connectivity index (χ2n) is 2.23. The van der Waals surface area contributed by atoms with Gasteiger partial charge in [-0.3, -0.25) is 0 Å². The zero-order chi connectivity index (χ0) is 9.52. The first-order valence-electron chi connectivity index (χ1n) is 3.73. The molecule has 0 unspecified atom stereocenters. The first kappa shape index (κ1) is 9.71. The lowest BCUT2D eigenvalue weighted by atomic mass is 10.3. The van der Waals surface area contributed by atoms with Crippen LogP contribution in [0.5, 0.6) is 5.75 Å². The van der Waals surface area contributed by atoms with E-state index in [-0.39, 0.29) is 0 Å². The van der Waals surface area contributed by atoms with Crippen molar-refractivity contribution in [3.63, 3.8) is 0 Å². The number of hydrogen-bond acceptors (Lipinski definition) is 2. The van der Waals surface area contributed by atoms with E-state index < -0.39 is 0 Å². The Morgan fingerprint density at radius 2 is 2.23 bits per heavy atom. The van der Waals surface area contributed by atoms with Crippen molar-refractivity contribution < 1.29 is 4.74 Å². The van der Waals surface area contributed by atoms with Gasteiger partial charge in [-0.15, -0.1) is 0 Å². The summed E-state index contributed by atoms with van der Waals surface area (Å²) < 4.78 is 5.24. The lowest BCUT2D eigenvalue weighted by Gasteiger charge is -2.04. The Labute approximate surface area is 80.7 Å². The summed E-state index contributed by atoms with van der Waals surface area (Å²) in [5, 5.41) is 3.89. The highest BCUT2D eigenvalue weighted by molar-refractivity contribution is 6.32. The molecule has 0 aliphatic heterocycles. The zero-order valence-corrected chi connectivity index (χ0v) is 7.61. The lowest BCUT2D eigenvalue weighted by molar-refractivity contribution is 0.328. The normalized spacial score (nSPS) is 9.00. The fraction of sp³-hybridized carbons (Fsp3) is 0.250. The molecule has 0 saturated carbocycles. The van der Waals surface area contributed by atoms with Gasteiger partial charge >= 0.3 is 0 Å². The number of rotatable bonds is 4. The van der Waals surface area contributed by atoms with E-state index in [2.05, 4.69) is 10.0 Å². The molecule has 5 heteroatoms. The van der Waals surface area contributed by atoms with Crippen LogP contribution in [0.2, 0.25) is 5.02 Å². The lowest BCUT2D eigenvalue weighted by Crippen LogP contribution is -2.00. The molecule has 1 rings (SSSR count). The Balaban J connectivity index is 2.45. The van der Waals surface area contributed by atoms with E-state index >= 15 is 0 Å². The van der Waals surface area contributed by atoms with Crippen LogP contribution in [-0.2, 0) is 0 Å². The SMILES string of the molecule is [N-]=[N+]=NCCOc1ccccc1Cl. The van der Waals surface area contributed by atoms with E-state index in [1.165, 1.54) is 0 Å². The Hall–Kier alpha value is -1.38. The monoisotopic (exact) mass is 197 g/mol. The summed E-state index contributed by atoms with van der Waals surface area (Å²) in [5.74, 6) is 0.609. The van der Waals surface area contributed by atoms with Crippen LogP contribution in [0, 0.1) is 0 Å². The molecule has 0 fully saturated rings. The molecule has 0 radical (unpaired) electrons. The number of hydrogen-bond donors (Lipinski definition) is 0. The minimum Gasteiger partial charge on any atom is -0.492 e. The van der Waals surface area contributed by atoms with Gasteiger partial charge in [-0.2, -0.15) is 0 Å². The van der Waals surface area contributed by atoms with E-state index in [0.29, 0.717) is 23.9 Å². The quantitative estimate of drug-likeness (QED) is 0.317. The van der Waals surface area contributed by atoms with Crippen LogP contribution in [0.1, 0.15) is 0 Å². The van der Waals surface area contributed by atoms with Crippen molar-refractivity contribution in [3.8, 4) is 5.75 Å². The number of azide groups is 1. The van der Waals surface area contributed by atoms with Crippen LogP contribution in [0.25, 0.3) is 10.4 Å². The highest BCUT2D eigenvalue weighted by Gasteiger charge is 1.97. The molecule has 0 aliphatic carbocycles. The molecular formula is C8H8ClN3O. The summed E-state index contributed by atoms with van der Waals surface area (Å²) in [7, 11) is 0. The maximum Gasteiger partial charge on any atom is 0.137 e. The molecule has 13 heavy (non-hydrogen) atoms. The molecule has 0 N–H and O–H groups in total. The minimum atomic E-state index is 0.307. The van der Waals surface area contributed by atoms with Crippen LogP contribution in [0.4, 0.5) is 0 Å². The van der Waals surface area contributed by atoms with Gasteiger partial charge in [0.05, 0.1) is 18.2 Å². The predicted octanol–water partition coefficient (Wildman–Crippen LogP) is 3.03. The molecule has 0 saturated heterocycles. The molecule has 0 aromatic heterocycles. The Morgan fingerprint density at radius 1 is 1.46 bits per heavy atom. The Morgan fingerprint density at radius 3 is 2.92 bits per heavy atom. The third-order valence-corrected chi connectivity index (χ3v) is 1.66. The van der Waals surface area contributed by atoms with Gasteiger partial charge in [0.25, 0.3) is 0 Å². The van der Waals surface area contributed by atoms with Crippen molar-refractivity contribution >= 4 is 11.6 Å². The van der Waals surface area contributed by atoms with E-state index in [1.807, 2.05) is 12.1 Å². The molecular weight excluding hydrogens is 190 g/mol. The van der Waals surface area contributed by atoms with Gasteiger partial charge in [0.15, 0.2) is 0 Å². The molecule has 4 nitrogen and oxygen atoms in total. The van der Waals surface area contributed by atoms with Crippen LogP contribution in [-0.4, -0.2) is 13.2 Å². The number of nitrogens with zero attached hydrogens (tertiary/aromatic N) is 3. The van der Waals surface area contributed by atoms with E-state index in [0.717, 1.165) is 0 Å². The maximum absolute atomic E-state index is 7.99. The van der Waals surface area contributed by atoms with Crippen LogP contribution in [0.3, 0.4) is 0 Å². The zero-order valence-electron chi connectivity index (χ0n) is 6.85. The largest absolute Gasteiger partial charge is 0.492 e. The van der Waals surface area contributed by atoms with Crippen molar-refractivity contribution in [2.24, 2.45) is 5.11 Å². The molecule has 0 atom stereocenters. The minimum absolute atomic E-state index is 0.307. The molecule has 68 valence electrons. The summed E-state index contributed by atoms with van der Waals surface area (Å²) >= 11 is 5.81. The fourth-order valence-electron chi connectivity index (χ4n) is 0.803. The van der Waals surface area contributed by atoms with Crippen molar-refractivity contribution in [1.29, 1.82) is 0 Å². The van der Waals surface area contributed by atoms with Crippen molar-refractivity contribution in [3.05, 3.63) is 39.7 Å². The van der Waals surface area contributed by atoms with Crippen LogP contribution in [0.15, 0.2) is 29.4 Å². The molecule has 0 spiro atoms. The Kier molecular flexibility index (Phi) is 3.96. The van der Waals surface area contributed by atoms with Gasteiger partial charge in [0.1, 0.15) is 5.75 Å². The standard InChI is InChI=1S/C8H8ClN3O/c9-7-3-1-2-4-8(7)13-6-5-11-12-10/h1-4H,5-6H2. The molecule has 0 aliphatic rings. The maximum atomic E-state index is 7.99. The molecule has 0 bridgehead atoms. The molecule has 0 amide bonds. The van der Waals surface area contributed by atoms with Crippen molar-refractivity contribution in [2.75, 3.05) is 13.2 Å². The average molecular weight is 198 g/mol. The summed E-state index contributed by atoms with van der Waals surface area (Å²) in [6, 6.07) is 7.15. The number of para-hydroxylation sites is 1. The summed E-state index contributed by atoms with van der Waals surface area (Å²) in [4.78, 5) is 2.60. The van der Waals surface area contributed by atoms with Crippen LogP contribution < -0.4 is 4.74 Å². The molecule has 0 heterocycles. The molecule has 1 aromatic rings.